The van der Waals surface area contributed by atoms with Gasteiger partial charge >= 0.3 is 0 Å². The highest BCUT2D eigenvalue weighted by atomic mass is 16.5. The van der Waals surface area contributed by atoms with Crippen LogP contribution in [0.5, 0.6) is 11.5 Å². The van der Waals surface area contributed by atoms with Gasteiger partial charge in [-0.05, 0) is 48.0 Å². The summed E-state index contributed by atoms with van der Waals surface area (Å²) in [5.41, 5.74) is 3.25. The molecule has 0 bridgehead atoms. The number of aromatic hydroxyl groups is 1. The number of rotatable bonds is 5. The minimum Gasteiger partial charge on any atom is -0.505 e. The average molecular weight is 357 g/mol. The highest BCUT2D eigenvalue weighted by molar-refractivity contribution is 5.86. The van der Waals surface area contributed by atoms with Crippen LogP contribution in [-0.4, -0.2) is 22.2 Å². The smallest absolute Gasteiger partial charge is 0.147 e. The lowest BCUT2D eigenvalue weighted by Crippen LogP contribution is -2.13. The largest absolute Gasteiger partial charge is 0.505 e. The summed E-state index contributed by atoms with van der Waals surface area (Å²) in [6.45, 7) is 0. The quantitative estimate of drug-likeness (QED) is 0.549. The Labute approximate surface area is 157 Å². The molecule has 0 aliphatic heterocycles. The number of phenolic OH excluding ortho intramolecular Hbond substituents is 1. The predicted molar refractivity (Wildman–Crippen MR) is 106 cm³/mol. The summed E-state index contributed by atoms with van der Waals surface area (Å²) in [5.74, 6) is 0.967. The molecule has 4 rings (SSSR count). The summed E-state index contributed by atoms with van der Waals surface area (Å²) in [4.78, 5) is 8.44. The summed E-state index contributed by atoms with van der Waals surface area (Å²) >= 11 is 0. The molecule has 0 saturated carbocycles. The second kappa shape index (κ2) is 7.33. The standard InChI is InChI=1S/C22H19N3O2/c1-27-18-7-5-17(6-8-18)25-20(16-10-13-23-14-11-16)19-9-4-15-3-2-12-24-21(15)22(19)26/h2-14,20,25-26H,1H3/t20-/m1/s1. The van der Waals surface area contributed by atoms with Crippen LogP contribution in [0.4, 0.5) is 5.69 Å². The molecule has 0 amide bonds. The molecule has 0 aliphatic rings. The van der Waals surface area contributed by atoms with Gasteiger partial charge in [-0.25, -0.2) is 0 Å². The molecule has 2 N–H and O–H groups in total. The van der Waals surface area contributed by atoms with Gasteiger partial charge in [0.15, 0.2) is 0 Å². The van der Waals surface area contributed by atoms with E-state index in [-0.39, 0.29) is 11.8 Å². The van der Waals surface area contributed by atoms with Crippen LogP contribution in [0, 0.1) is 0 Å². The number of ether oxygens (including phenoxy) is 1. The highest BCUT2D eigenvalue weighted by Gasteiger charge is 2.20. The van der Waals surface area contributed by atoms with Crippen LogP contribution in [0.1, 0.15) is 17.2 Å². The second-order valence-electron chi connectivity index (χ2n) is 6.16. The van der Waals surface area contributed by atoms with E-state index in [4.69, 9.17) is 4.74 Å². The number of aromatic nitrogens is 2. The van der Waals surface area contributed by atoms with Gasteiger partial charge in [0.2, 0.25) is 0 Å². The van der Waals surface area contributed by atoms with Crippen LogP contribution in [-0.2, 0) is 0 Å². The van der Waals surface area contributed by atoms with E-state index in [0.29, 0.717) is 5.52 Å². The lowest BCUT2D eigenvalue weighted by atomic mass is 9.96. The fourth-order valence-corrected chi connectivity index (χ4v) is 3.13. The zero-order valence-electron chi connectivity index (χ0n) is 14.8. The van der Waals surface area contributed by atoms with Gasteiger partial charge < -0.3 is 15.2 Å². The van der Waals surface area contributed by atoms with Gasteiger partial charge in [0.05, 0.1) is 13.2 Å². The van der Waals surface area contributed by atoms with Crippen molar-refractivity contribution in [2.75, 3.05) is 12.4 Å². The minimum atomic E-state index is -0.257. The third-order valence-corrected chi connectivity index (χ3v) is 4.53. The Morgan fingerprint density at radius 1 is 0.926 bits per heavy atom. The molecule has 0 unspecified atom stereocenters. The molecule has 0 aliphatic carbocycles. The van der Waals surface area contributed by atoms with Gasteiger partial charge in [0.25, 0.3) is 0 Å². The lowest BCUT2D eigenvalue weighted by molar-refractivity contribution is 0.415. The Balaban J connectivity index is 1.79. The van der Waals surface area contributed by atoms with Gasteiger partial charge in [-0.15, -0.1) is 0 Å². The van der Waals surface area contributed by atoms with Crippen molar-refractivity contribution in [2.24, 2.45) is 0 Å². The monoisotopic (exact) mass is 357 g/mol. The van der Waals surface area contributed by atoms with Crippen molar-refractivity contribution in [3.63, 3.8) is 0 Å². The molecule has 0 saturated heterocycles. The topological polar surface area (TPSA) is 67.3 Å². The van der Waals surface area contributed by atoms with Crippen molar-refractivity contribution in [1.82, 2.24) is 9.97 Å². The van der Waals surface area contributed by atoms with Crippen molar-refractivity contribution in [1.29, 1.82) is 0 Å². The van der Waals surface area contributed by atoms with Gasteiger partial charge in [-0.3, -0.25) is 9.97 Å². The van der Waals surface area contributed by atoms with E-state index in [9.17, 15) is 5.11 Å². The van der Waals surface area contributed by atoms with Crippen LogP contribution in [0.15, 0.2) is 79.3 Å². The van der Waals surface area contributed by atoms with E-state index in [1.807, 2.05) is 60.7 Å². The van der Waals surface area contributed by atoms with E-state index < -0.39 is 0 Å². The molecule has 134 valence electrons. The first kappa shape index (κ1) is 16.8. The zero-order chi connectivity index (χ0) is 18.6. The molecule has 2 aromatic heterocycles. The Hall–Kier alpha value is -3.60. The number of methoxy groups -OCH3 is 1. The normalized spacial score (nSPS) is 11.9. The van der Waals surface area contributed by atoms with Crippen molar-refractivity contribution in [3.8, 4) is 11.5 Å². The molecule has 2 aromatic carbocycles. The zero-order valence-corrected chi connectivity index (χ0v) is 14.8. The number of benzene rings is 2. The average Bonchev–Trinajstić information content (AvgIpc) is 2.74. The van der Waals surface area contributed by atoms with Gasteiger partial charge in [-0.2, -0.15) is 0 Å². The minimum absolute atomic E-state index is 0.177. The van der Waals surface area contributed by atoms with Crippen LogP contribution in [0.2, 0.25) is 0 Å². The summed E-state index contributed by atoms with van der Waals surface area (Å²) in [6.07, 6.45) is 5.17. The lowest BCUT2D eigenvalue weighted by Gasteiger charge is -2.22. The Morgan fingerprint density at radius 3 is 2.44 bits per heavy atom. The molecule has 4 aromatic rings. The van der Waals surface area contributed by atoms with E-state index in [1.54, 1.807) is 25.7 Å². The molecule has 5 heteroatoms. The summed E-state index contributed by atoms with van der Waals surface area (Å²) in [7, 11) is 1.64. The molecule has 2 heterocycles. The van der Waals surface area contributed by atoms with Crippen molar-refractivity contribution in [2.45, 2.75) is 6.04 Å². The van der Waals surface area contributed by atoms with Crippen LogP contribution >= 0.6 is 0 Å². The predicted octanol–water partition coefficient (Wildman–Crippen LogP) is 4.55. The Bertz CT molecular complexity index is 1050. The summed E-state index contributed by atoms with van der Waals surface area (Å²) in [5, 5.41) is 15.3. The number of hydrogen-bond acceptors (Lipinski definition) is 5. The van der Waals surface area contributed by atoms with Crippen LogP contribution in [0.25, 0.3) is 10.9 Å². The van der Waals surface area contributed by atoms with Gasteiger partial charge in [0.1, 0.15) is 17.0 Å². The maximum atomic E-state index is 10.9. The van der Waals surface area contributed by atoms with Gasteiger partial charge in [0, 0.05) is 35.2 Å². The van der Waals surface area contributed by atoms with Crippen LogP contribution in [0.3, 0.4) is 0 Å². The third kappa shape index (κ3) is 3.40. The SMILES string of the molecule is COc1ccc(N[C@H](c2ccncc2)c2ccc3cccnc3c2O)cc1. The highest BCUT2D eigenvalue weighted by Crippen LogP contribution is 2.36. The number of nitrogens with one attached hydrogen (secondary N) is 1. The van der Waals surface area contributed by atoms with Crippen LogP contribution < -0.4 is 10.1 Å². The van der Waals surface area contributed by atoms with Crippen molar-refractivity contribution < 1.29 is 9.84 Å². The van der Waals surface area contributed by atoms with E-state index in [2.05, 4.69) is 15.3 Å². The first-order valence-electron chi connectivity index (χ1n) is 8.63. The number of fused-ring (bicyclic) bond motifs is 1. The molecule has 0 fully saturated rings. The molecule has 27 heavy (non-hydrogen) atoms. The van der Waals surface area contributed by atoms with E-state index in [1.165, 1.54) is 0 Å². The fourth-order valence-electron chi connectivity index (χ4n) is 3.13. The van der Waals surface area contributed by atoms with Gasteiger partial charge in [-0.1, -0.05) is 18.2 Å². The first-order chi connectivity index (χ1) is 13.3. The second-order valence-corrected chi connectivity index (χ2v) is 6.16. The van der Waals surface area contributed by atoms with Crippen molar-refractivity contribution >= 4 is 16.6 Å². The third-order valence-electron chi connectivity index (χ3n) is 4.53. The number of nitrogens with zero attached hydrogens (tertiary/aromatic N) is 2. The number of hydrogen-bond donors (Lipinski definition) is 2. The number of pyridine rings is 2. The Kier molecular flexibility index (Phi) is 4.58. The number of phenols is 1. The van der Waals surface area contributed by atoms with Crippen molar-refractivity contribution in [3.05, 3.63) is 90.4 Å². The summed E-state index contributed by atoms with van der Waals surface area (Å²) < 4.78 is 5.23. The van der Waals surface area contributed by atoms with E-state index >= 15 is 0 Å². The molecular weight excluding hydrogens is 338 g/mol. The maximum Gasteiger partial charge on any atom is 0.147 e. The maximum absolute atomic E-state index is 10.9. The summed E-state index contributed by atoms with van der Waals surface area (Å²) in [6, 6.07) is 19.0. The van der Waals surface area contributed by atoms with E-state index in [0.717, 1.165) is 28.0 Å². The Morgan fingerprint density at radius 2 is 1.70 bits per heavy atom. The molecule has 1 atom stereocenters. The molecule has 0 spiro atoms. The molecule has 5 nitrogen and oxygen atoms in total. The fraction of sp³-hybridized carbons (Fsp3) is 0.0909. The number of anilines is 1. The molecule has 0 radical (unpaired) electrons. The first-order valence-corrected chi connectivity index (χ1v) is 8.63. The molecular formula is C22H19N3O2.